The van der Waals surface area contributed by atoms with Crippen LogP contribution in [0.25, 0.3) is 0 Å². The normalized spacial score (nSPS) is 11.2. The Morgan fingerprint density at radius 2 is 1.06 bits per heavy atom. The van der Waals surface area contributed by atoms with Gasteiger partial charge in [-0.1, -0.05) is 40.0 Å². The van der Waals surface area contributed by atoms with Crippen LogP contribution >= 0.6 is 0 Å². The number of quaternary nitrogens is 1. The van der Waals surface area contributed by atoms with Gasteiger partial charge in [0.05, 0.1) is 19.6 Å². The smallest absolute Gasteiger partial charge is 0.180 e. The standard InChI is InChI=1S/C13H30NO.BrH/c1-4-7-10-14(13-15,11-8-5-2)12-9-6-3;/h15H,4-13H2,1-3H3;1H/q+1;/p-1. The summed E-state index contributed by atoms with van der Waals surface area (Å²) in [6.07, 6.45) is 7.44. The van der Waals surface area contributed by atoms with Gasteiger partial charge in [-0.05, 0) is 19.3 Å². The topological polar surface area (TPSA) is 20.2 Å². The van der Waals surface area contributed by atoms with E-state index in [1.807, 2.05) is 0 Å². The Bertz CT molecular complexity index is 120. The second-order valence-corrected chi connectivity index (χ2v) is 4.71. The van der Waals surface area contributed by atoms with Crippen LogP contribution in [0.3, 0.4) is 0 Å². The van der Waals surface area contributed by atoms with E-state index in [2.05, 4.69) is 20.8 Å². The van der Waals surface area contributed by atoms with Gasteiger partial charge in [-0.25, -0.2) is 0 Å². The fraction of sp³-hybridized carbons (Fsp3) is 1.00. The van der Waals surface area contributed by atoms with Crippen LogP contribution in [0.1, 0.15) is 59.3 Å². The molecule has 3 heteroatoms. The average molecular weight is 296 g/mol. The van der Waals surface area contributed by atoms with Crippen molar-refractivity contribution in [3.63, 3.8) is 0 Å². The van der Waals surface area contributed by atoms with Crippen LogP contribution < -0.4 is 17.0 Å². The van der Waals surface area contributed by atoms with Crippen LogP contribution in [0.4, 0.5) is 0 Å². The zero-order valence-electron chi connectivity index (χ0n) is 11.3. The molecule has 0 aromatic rings. The minimum Gasteiger partial charge on any atom is -1.00 e. The van der Waals surface area contributed by atoms with Crippen molar-refractivity contribution in [2.45, 2.75) is 59.3 Å². The maximum atomic E-state index is 9.63. The molecule has 0 spiro atoms. The molecule has 16 heavy (non-hydrogen) atoms. The highest BCUT2D eigenvalue weighted by atomic mass is 79.9. The molecule has 0 amide bonds. The zero-order valence-corrected chi connectivity index (χ0v) is 12.9. The molecule has 2 nitrogen and oxygen atoms in total. The summed E-state index contributed by atoms with van der Waals surface area (Å²) in [5, 5.41) is 9.63. The summed E-state index contributed by atoms with van der Waals surface area (Å²) in [6.45, 7) is 10.5. The summed E-state index contributed by atoms with van der Waals surface area (Å²) in [7, 11) is 0. The van der Waals surface area contributed by atoms with Crippen LogP contribution in [0.15, 0.2) is 0 Å². The van der Waals surface area contributed by atoms with Crippen LogP contribution in [0, 0.1) is 0 Å². The summed E-state index contributed by atoms with van der Waals surface area (Å²) in [5.74, 6) is 0. The summed E-state index contributed by atoms with van der Waals surface area (Å²) in [4.78, 5) is 0. The second-order valence-electron chi connectivity index (χ2n) is 4.71. The number of unbranched alkanes of at least 4 members (excludes halogenated alkanes) is 3. The van der Waals surface area contributed by atoms with Gasteiger partial charge in [-0.15, -0.1) is 0 Å². The summed E-state index contributed by atoms with van der Waals surface area (Å²) in [5.41, 5.74) is 0. The second kappa shape index (κ2) is 11.9. The number of aliphatic hydroxyl groups is 1. The molecule has 1 N–H and O–H groups in total. The summed E-state index contributed by atoms with van der Waals surface area (Å²) in [6, 6.07) is 0. The highest BCUT2D eigenvalue weighted by Crippen LogP contribution is 2.13. The number of rotatable bonds is 10. The number of hydrogen-bond donors (Lipinski definition) is 1. The van der Waals surface area contributed by atoms with Gasteiger partial charge in [0.25, 0.3) is 0 Å². The molecule has 0 aromatic heterocycles. The van der Waals surface area contributed by atoms with Gasteiger partial charge in [-0.3, -0.25) is 0 Å². The Labute approximate surface area is 112 Å². The third kappa shape index (κ3) is 7.64. The van der Waals surface area contributed by atoms with E-state index in [0.717, 1.165) is 24.1 Å². The first-order chi connectivity index (χ1) is 7.24. The molecule has 0 unspecified atom stereocenters. The molecule has 100 valence electrons. The fourth-order valence-electron chi connectivity index (χ4n) is 2.03. The number of nitrogens with zero attached hydrogens (tertiary/aromatic N) is 1. The van der Waals surface area contributed by atoms with Gasteiger partial charge in [-0.2, -0.15) is 0 Å². The molecule has 0 radical (unpaired) electrons. The van der Waals surface area contributed by atoms with Crippen molar-refractivity contribution in [1.29, 1.82) is 0 Å². The van der Waals surface area contributed by atoms with E-state index in [1.165, 1.54) is 38.5 Å². The fourth-order valence-corrected chi connectivity index (χ4v) is 2.03. The van der Waals surface area contributed by atoms with E-state index >= 15 is 0 Å². The molecule has 0 fully saturated rings. The van der Waals surface area contributed by atoms with E-state index in [4.69, 9.17) is 0 Å². The number of aliphatic hydroxyl groups excluding tert-OH is 1. The Morgan fingerprint density at radius 3 is 1.25 bits per heavy atom. The molecular weight excluding hydrogens is 266 g/mol. The Balaban J connectivity index is 0. The van der Waals surface area contributed by atoms with Crippen molar-refractivity contribution < 1.29 is 26.6 Å². The van der Waals surface area contributed by atoms with Crippen molar-refractivity contribution in [2.75, 3.05) is 26.4 Å². The van der Waals surface area contributed by atoms with Crippen LogP contribution in [-0.2, 0) is 0 Å². The lowest BCUT2D eigenvalue weighted by Gasteiger charge is -2.37. The van der Waals surface area contributed by atoms with E-state index in [0.29, 0.717) is 6.73 Å². The monoisotopic (exact) mass is 295 g/mol. The van der Waals surface area contributed by atoms with Gasteiger partial charge < -0.3 is 26.6 Å². The molecular formula is C13H30BrNO. The van der Waals surface area contributed by atoms with Crippen LogP contribution in [0.5, 0.6) is 0 Å². The Kier molecular flexibility index (Phi) is 13.9. The lowest BCUT2D eigenvalue weighted by molar-refractivity contribution is -0.945. The minimum absolute atomic E-state index is 0. The molecule has 0 aliphatic carbocycles. The van der Waals surface area contributed by atoms with Crippen molar-refractivity contribution in [1.82, 2.24) is 0 Å². The third-order valence-electron chi connectivity index (χ3n) is 3.26. The van der Waals surface area contributed by atoms with Gasteiger partial charge >= 0.3 is 0 Å². The van der Waals surface area contributed by atoms with E-state index in [1.54, 1.807) is 0 Å². The SMILES string of the molecule is CCCC[N+](CO)(CCCC)CCCC.[Br-]. The first kappa shape index (κ1) is 18.8. The van der Waals surface area contributed by atoms with Crippen LogP contribution in [0.2, 0.25) is 0 Å². The molecule has 0 aliphatic rings. The van der Waals surface area contributed by atoms with Crippen molar-refractivity contribution in [2.24, 2.45) is 0 Å². The average Bonchev–Trinajstić information content (AvgIpc) is 2.29. The maximum absolute atomic E-state index is 9.63. The van der Waals surface area contributed by atoms with E-state index < -0.39 is 0 Å². The highest BCUT2D eigenvalue weighted by Gasteiger charge is 2.24. The van der Waals surface area contributed by atoms with Crippen molar-refractivity contribution in [3.8, 4) is 0 Å². The van der Waals surface area contributed by atoms with Gasteiger partial charge in [0.1, 0.15) is 0 Å². The largest absolute Gasteiger partial charge is 1.00 e. The van der Waals surface area contributed by atoms with Gasteiger partial charge in [0.15, 0.2) is 6.73 Å². The summed E-state index contributed by atoms with van der Waals surface area (Å²) >= 11 is 0. The minimum atomic E-state index is 0. The zero-order chi connectivity index (χ0) is 11.6. The molecule has 0 saturated carbocycles. The molecule has 0 rings (SSSR count). The number of halogens is 1. The highest BCUT2D eigenvalue weighted by molar-refractivity contribution is 4.44. The quantitative estimate of drug-likeness (QED) is 0.450. The molecule has 0 bridgehead atoms. The molecule has 0 aromatic carbocycles. The predicted octanol–water partition coefficient (Wildman–Crippen LogP) is 0.157. The maximum Gasteiger partial charge on any atom is 0.180 e. The predicted molar refractivity (Wildman–Crippen MR) is 66.7 cm³/mol. The number of hydrogen-bond acceptors (Lipinski definition) is 1. The van der Waals surface area contributed by atoms with Crippen molar-refractivity contribution in [3.05, 3.63) is 0 Å². The van der Waals surface area contributed by atoms with Gasteiger partial charge in [0.2, 0.25) is 0 Å². The van der Waals surface area contributed by atoms with E-state index in [9.17, 15) is 5.11 Å². The molecule has 0 aliphatic heterocycles. The van der Waals surface area contributed by atoms with Gasteiger partial charge in [0, 0.05) is 0 Å². The Hall–Kier alpha value is 0.400. The van der Waals surface area contributed by atoms with Crippen LogP contribution in [-0.4, -0.2) is 36.0 Å². The Morgan fingerprint density at radius 1 is 0.750 bits per heavy atom. The van der Waals surface area contributed by atoms with Crippen molar-refractivity contribution >= 4 is 0 Å². The third-order valence-corrected chi connectivity index (χ3v) is 3.26. The van der Waals surface area contributed by atoms with E-state index in [-0.39, 0.29) is 17.0 Å². The molecule has 0 atom stereocenters. The first-order valence-electron chi connectivity index (χ1n) is 6.70. The first-order valence-corrected chi connectivity index (χ1v) is 6.70. The lowest BCUT2D eigenvalue weighted by atomic mass is 10.2. The molecule has 0 heterocycles. The lowest BCUT2D eigenvalue weighted by Crippen LogP contribution is -3.00. The summed E-state index contributed by atoms with van der Waals surface area (Å²) < 4.78 is 0.940. The molecule has 0 saturated heterocycles.